The molecule has 2 aromatic carbocycles. The molecular weight excluding hydrogens is 440 g/mol. The second-order valence-electron chi connectivity index (χ2n) is 7.19. The molecule has 0 spiro atoms. The van der Waals surface area contributed by atoms with E-state index >= 15 is 0 Å². The normalized spacial score (nSPS) is 11.7. The van der Waals surface area contributed by atoms with Crippen molar-refractivity contribution >= 4 is 27.7 Å². The topological polar surface area (TPSA) is 28.7 Å². The molecular formula is C25H29BrN2S. The molecule has 0 aliphatic rings. The summed E-state index contributed by atoms with van der Waals surface area (Å²) in [7, 11) is 0. The molecule has 0 aliphatic carbocycles. The minimum Gasteiger partial charge on any atom is -0.332 e. The average Bonchev–Trinajstić information content (AvgIpc) is 3.20. The van der Waals surface area contributed by atoms with Crippen molar-refractivity contribution in [2.75, 3.05) is 0 Å². The van der Waals surface area contributed by atoms with Crippen molar-refractivity contribution in [2.45, 2.75) is 57.0 Å². The van der Waals surface area contributed by atoms with Gasteiger partial charge in [-0.1, -0.05) is 127 Å². The third-order valence-electron chi connectivity index (χ3n) is 4.92. The molecule has 0 aliphatic heterocycles. The Bertz CT molecular complexity index is 831. The molecule has 3 aromatic rings. The van der Waals surface area contributed by atoms with Crippen LogP contribution in [0.1, 0.15) is 51.9 Å². The quantitative estimate of drug-likeness (QED) is 0.224. The summed E-state index contributed by atoms with van der Waals surface area (Å²) in [6.07, 6.45) is 8.96. The summed E-state index contributed by atoms with van der Waals surface area (Å²) < 4.78 is 0. The molecule has 0 saturated heterocycles. The monoisotopic (exact) mass is 468 g/mol. The summed E-state index contributed by atoms with van der Waals surface area (Å²) in [5.41, 5.74) is 4.38. The Morgan fingerprint density at radius 2 is 1.52 bits per heavy atom. The molecule has 0 saturated carbocycles. The SMILES string of the molecule is CCCCCCCC/C(=C/Br)Sc1nc(-c2ccccc2)c(-c2ccccc2)[nH]1. The van der Waals surface area contributed by atoms with E-state index < -0.39 is 0 Å². The molecule has 152 valence electrons. The van der Waals surface area contributed by atoms with Crippen LogP contribution in [-0.2, 0) is 0 Å². The number of allylic oxidation sites excluding steroid dienone is 1. The maximum atomic E-state index is 4.96. The zero-order valence-electron chi connectivity index (χ0n) is 17.0. The maximum absolute atomic E-state index is 4.96. The first-order chi connectivity index (χ1) is 14.3. The van der Waals surface area contributed by atoms with Crippen LogP contribution in [-0.4, -0.2) is 9.97 Å². The molecule has 0 unspecified atom stereocenters. The fourth-order valence-corrected chi connectivity index (χ4v) is 4.69. The lowest BCUT2D eigenvalue weighted by Crippen LogP contribution is -1.83. The first-order valence-electron chi connectivity index (χ1n) is 10.5. The predicted molar refractivity (Wildman–Crippen MR) is 130 cm³/mol. The zero-order chi connectivity index (χ0) is 20.3. The Hall–Kier alpha value is -1.78. The highest BCUT2D eigenvalue weighted by atomic mass is 79.9. The number of unbranched alkanes of at least 4 members (excludes halogenated alkanes) is 5. The van der Waals surface area contributed by atoms with Crippen molar-refractivity contribution in [3.63, 3.8) is 0 Å². The van der Waals surface area contributed by atoms with Gasteiger partial charge >= 0.3 is 0 Å². The van der Waals surface area contributed by atoms with E-state index in [1.165, 1.54) is 43.4 Å². The van der Waals surface area contributed by atoms with Gasteiger partial charge in [0, 0.05) is 11.1 Å². The number of thioether (sulfide) groups is 1. The molecule has 2 nitrogen and oxygen atoms in total. The van der Waals surface area contributed by atoms with Gasteiger partial charge in [-0.25, -0.2) is 4.98 Å². The zero-order valence-corrected chi connectivity index (χ0v) is 19.4. The van der Waals surface area contributed by atoms with Gasteiger partial charge in [0.05, 0.1) is 11.4 Å². The van der Waals surface area contributed by atoms with Gasteiger partial charge in [0.2, 0.25) is 0 Å². The number of aromatic nitrogens is 2. The number of aromatic amines is 1. The summed E-state index contributed by atoms with van der Waals surface area (Å²) in [6.45, 7) is 2.26. The van der Waals surface area contributed by atoms with Gasteiger partial charge in [0.25, 0.3) is 0 Å². The minimum absolute atomic E-state index is 0.944. The van der Waals surface area contributed by atoms with E-state index in [9.17, 15) is 0 Å². The first-order valence-corrected chi connectivity index (χ1v) is 12.2. The van der Waals surface area contributed by atoms with Gasteiger partial charge < -0.3 is 4.98 Å². The molecule has 0 bridgehead atoms. The second kappa shape index (κ2) is 12.0. The molecule has 0 amide bonds. The fraction of sp³-hybridized carbons (Fsp3) is 0.320. The Balaban J connectivity index is 1.73. The Labute approximate surface area is 187 Å². The molecule has 0 radical (unpaired) electrons. The molecule has 29 heavy (non-hydrogen) atoms. The van der Waals surface area contributed by atoms with Crippen LogP contribution in [0.5, 0.6) is 0 Å². The lowest BCUT2D eigenvalue weighted by Gasteiger charge is -2.04. The summed E-state index contributed by atoms with van der Waals surface area (Å²) in [5.74, 6) is 0. The van der Waals surface area contributed by atoms with Gasteiger partial charge in [0.1, 0.15) is 0 Å². The van der Waals surface area contributed by atoms with E-state index in [-0.39, 0.29) is 0 Å². The number of nitrogens with zero attached hydrogens (tertiary/aromatic N) is 1. The summed E-state index contributed by atoms with van der Waals surface area (Å²) >= 11 is 5.29. The summed E-state index contributed by atoms with van der Waals surface area (Å²) in [5, 5.41) is 0.944. The van der Waals surface area contributed by atoms with Crippen LogP contribution < -0.4 is 0 Å². The van der Waals surface area contributed by atoms with Gasteiger partial charge in [-0.15, -0.1) is 0 Å². The molecule has 1 N–H and O–H groups in total. The highest BCUT2D eigenvalue weighted by Crippen LogP contribution is 2.36. The number of H-pyrrole nitrogens is 1. The summed E-state index contributed by atoms with van der Waals surface area (Å²) in [6, 6.07) is 20.9. The number of nitrogens with one attached hydrogen (secondary N) is 1. The van der Waals surface area contributed by atoms with E-state index in [0.717, 1.165) is 34.1 Å². The Morgan fingerprint density at radius 1 is 0.897 bits per heavy atom. The van der Waals surface area contributed by atoms with E-state index in [2.05, 4.69) is 81.4 Å². The van der Waals surface area contributed by atoms with Gasteiger partial charge in [-0.3, -0.25) is 0 Å². The Kier molecular flexibility index (Phi) is 9.10. The molecule has 1 heterocycles. The molecule has 1 aromatic heterocycles. The standard InChI is InChI=1S/C25H29BrN2S/c1-2-3-4-5-6-13-18-22(19-26)29-25-27-23(20-14-9-7-10-15-20)24(28-25)21-16-11-8-12-17-21/h7-12,14-17,19H,2-6,13,18H2,1H3,(H,27,28)/b22-19-. The third-order valence-corrected chi connectivity index (χ3v) is 6.74. The minimum atomic E-state index is 0.944. The molecule has 0 fully saturated rings. The van der Waals surface area contributed by atoms with E-state index in [1.807, 2.05) is 12.1 Å². The number of hydrogen-bond donors (Lipinski definition) is 1. The van der Waals surface area contributed by atoms with E-state index in [1.54, 1.807) is 11.8 Å². The lowest BCUT2D eigenvalue weighted by atomic mass is 10.1. The van der Waals surface area contributed by atoms with Crippen LogP contribution in [0, 0.1) is 0 Å². The highest BCUT2D eigenvalue weighted by molar-refractivity contribution is 9.11. The van der Waals surface area contributed by atoms with Crippen molar-refractivity contribution in [3.05, 3.63) is 70.6 Å². The molecule has 0 atom stereocenters. The van der Waals surface area contributed by atoms with Crippen molar-refractivity contribution in [1.82, 2.24) is 9.97 Å². The van der Waals surface area contributed by atoms with Gasteiger partial charge in [0.15, 0.2) is 5.16 Å². The number of hydrogen-bond acceptors (Lipinski definition) is 2. The van der Waals surface area contributed by atoms with Crippen LogP contribution in [0.2, 0.25) is 0 Å². The molecule has 3 rings (SSSR count). The summed E-state index contributed by atoms with van der Waals surface area (Å²) in [4.78, 5) is 11.9. The van der Waals surface area contributed by atoms with Crippen LogP contribution >= 0.6 is 27.7 Å². The number of imidazole rings is 1. The highest BCUT2D eigenvalue weighted by Gasteiger charge is 2.15. The second-order valence-corrected chi connectivity index (χ2v) is 8.77. The van der Waals surface area contributed by atoms with E-state index in [0.29, 0.717) is 0 Å². The van der Waals surface area contributed by atoms with Gasteiger partial charge in [-0.2, -0.15) is 0 Å². The fourth-order valence-electron chi connectivity index (χ4n) is 3.35. The molecule has 4 heteroatoms. The number of halogens is 1. The first kappa shape index (κ1) is 21.9. The van der Waals surface area contributed by atoms with Crippen molar-refractivity contribution in [1.29, 1.82) is 0 Å². The number of rotatable bonds is 11. The smallest absolute Gasteiger partial charge is 0.170 e. The predicted octanol–water partition coefficient (Wildman–Crippen LogP) is 8.82. The van der Waals surface area contributed by atoms with E-state index in [4.69, 9.17) is 4.98 Å². The van der Waals surface area contributed by atoms with Crippen molar-refractivity contribution < 1.29 is 0 Å². The lowest BCUT2D eigenvalue weighted by molar-refractivity contribution is 0.610. The maximum Gasteiger partial charge on any atom is 0.170 e. The third kappa shape index (κ3) is 6.61. The number of benzene rings is 2. The van der Waals surface area contributed by atoms with Crippen LogP contribution in [0.15, 0.2) is 75.7 Å². The van der Waals surface area contributed by atoms with Crippen LogP contribution in [0.4, 0.5) is 0 Å². The Morgan fingerprint density at radius 3 is 2.17 bits per heavy atom. The van der Waals surface area contributed by atoms with Crippen LogP contribution in [0.3, 0.4) is 0 Å². The largest absolute Gasteiger partial charge is 0.332 e. The van der Waals surface area contributed by atoms with Crippen LogP contribution in [0.25, 0.3) is 22.5 Å². The average molecular weight is 469 g/mol. The van der Waals surface area contributed by atoms with Gasteiger partial charge in [-0.05, 0) is 22.7 Å². The van der Waals surface area contributed by atoms with Crippen molar-refractivity contribution in [3.8, 4) is 22.5 Å². The van der Waals surface area contributed by atoms with Crippen molar-refractivity contribution in [2.24, 2.45) is 0 Å².